The number of anilines is 1. The van der Waals surface area contributed by atoms with E-state index in [-0.39, 0.29) is 18.4 Å². The van der Waals surface area contributed by atoms with Gasteiger partial charge in [-0.15, -0.1) is 0 Å². The molecule has 1 aromatic heterocycles. The van der Waals surface area contributed by atoms with Crippen molar-refractivity contribution in [1.29, 1.82) is 0 Å². The highest BCUT2D eigenvalue weighted by Crippen LogP contribution is 2.28. The Balaban J connectivity index is 0.00000288. The van der Waals surface area contributed by atoms with E-state index in [9.17, 15) is 4.79 Å². The van der Waals surface area contributed by atoms with Gasteiger partial charge in [0.05, 0.1) is 29.9 Å². The molecule has 1 heterocycles. The molecular formula is C16H24Cl2N4OS. The fourth-order valence-electron chi connectivity index (χ4n) is 2.40. The Morgan fingerprint density at radius 1 is 1.29 bits per heavy atom. The molecule has 0 saturated carbocycles. The molecule has 0 atom stereocenters. The van der Waals surface area contributed by atoms with Gasteiger partial charge in [-0.25, -0.2) is 9.78 Å². The van der Waals surface area contributed by atoms with Crippen LogP contribution in [0.1, 0.15) is 26.7 Å². The van der Waals surface area contributed by atoms with Crippen LogP contribution in [0.25, 0.3) is 10.2 Å². The minimum absolute atomic E-state index is 0. The minimum atomic E-state index is -0.203. The van der Waals surface area contributed by atoms with Crippen LogP contribution < -0.4 is 27.9 Å². The number of benzene rings is 1. The maximum atomic E-state index is 11.9. The Hall–Kier alpha value is -1.08. The molecule has 134 valence electrons. The number of urea groups is 1. The summed E-state index contributed by atoms with van der Waals surface area (Å²) in [5.41, 5.74) is 0.844. The Kier molecular flexibility index (Phi) is 9.36. The number of amides is 2. The Bertz CT molecular complexity index is 646. The molecular weight excluding hydrogens is 367 g/mol. The van der Waals surface area contributed by atoms with Crippen LogP contribution in [0.5, 0.6) is 0 Å². The first-order chi connectivity index (χ1) is 11.1. The molecule has 0 saturated heterocycles. The third kappa shape index (κ3) is 6.43. The standard InChI is InChI=1S/C16H23ClN4OS.ClH/c1-3-21(4-2)10-6-5-9-18-15(22)20-16-19-13-8-7-12(17)11-14(13)23-16;/h7-8,11H,3-6,9-10H2,1-2H3,(H2,18,19,20,22);1H. The Labute approximate surface area is 158 Å². The summed E-state index contributed by atoms with van der Waals surface area (Å²) in [6.45, 7) is 8.57. The maximum absolute atomic E-state index is 11.9. The monoisotopic (exact) mass is 390 g/mol. The molecule has 0 bridgehead atoms. The summed E-state index contributed by atoms with van der Waals surface area (Å²) in [6, 6.07) is 5.30. The average Bonchev–Trinajstić information content (AvgIpc) is 2.92. The van der Waals surface area contributed by atoms with Crippen molar-refractivity contribution in [2.75, 3.05) is 31.5 Å². The number of nitrogens with one attached hydrogen (secondary N) is 3. The molecule has 0 aliphatic rings. The van der Waals surface area contributed by atoms with Gasteiger partial charge in [-0.05, 0) is 44.9 Å². The quantitative estimate of drug-likeness (QED) is 0.545. The number of aromatic nitrogens is 1. The second-order valence-electron chi connectivity index (χ2n) is 5.43. The summed E-state index contributed by atoms with van der Waals surface area (Å²) in [5.74, 6) is 0. The van der Waals surface area contributed by atoms with E-state index >= 15 is 0 Å². The molecule has 5 nitrogen and oxygen atoms in total. The lowest BCUT2D eigenvalue weighted by Gasteiger charge is -2.14. The van der Waals surface area contributed by atoms with E-state index in [2.05, 4.69) is 29.5 Å². The van der Waals surface area contributed by atoms with Gasteiger partial charge in [-0.1, -0.05) is 22.9 Å². The Morgan fingerprint density at radius 2 is 2.04 bits per heavy atom. The summed E-state index contributed by atoms with van der Waals surface area (Å²) in [5, 5.41) is 6.92. The minimum Gasteiger partial charge on any atom is -1.00 e. The van der Waals surface area contributed by atoms with Crippen LogP contribution in [-0.4, -0.2) is 37.2 Å². The van der Waals surface area contributed by atoms with Crippen molar-refractivity contribution in [2.24, 2.45) is 0 Å². The zero-order valence-corrected chi connectivity index (χ0v) is 16.3. The van der Waals surface area contributed by atoms with Crippen LogP contribution in [0.4, 0.5) is 9.93 Å². The molecule has 0 fully saturated rings. The predicted molar refractivity (Wildman–Crippen MR) is 97.8 cm³/mol. The first-order valence-electron chi connectivity index (χ1n) is 8.07. The number of carbonyl (C=O) groups excluding carboxylic acids is 1. The number of hydrogen-bond acceptors (Lipinski definition) is 3. The van der Waals surface area contributed by atoms with Crippen molar-refractivity contribution in [2.45, 2.75) is 26.7 Å². The van der Waals surface area contributed by atoms with Gasteiger partial charge in [-0.2, -0.15) is 0 Å². The van der Waals surface area contributed by atoms with Crippen molar-refractivity contribution in [3.63, 3.8) is 0 Å². The zero-order chi connectivity index (χ0) is 16.7. The number of nitrogens with zero attached hydrogens (tertiary/aromatic N) is 1. The Morgan fingerprint density at radius 3 is 2.75 bits per heavy atom. The molecule has 2 aromatic rings. The second kappa shape index (κ2) is 10.7. The molecule has 0 aliphatic carbocycles. The third-order valence-electron chi connectivity index (χ3n) is 3.81. The van der Waals surface area contributed by atoms with Crippen molar-refractivity contribution < 1.29 is 22.1 Å². The highest BCUT2D eigenvalue weighted by atomic mass is 35.5. The van der Waals surface area contributed by atoms with E-state index in [1.807, 2.05) is 12.1 Å². The number of rotatable bonds is 8. The zero-order valence-electron chi connectivity index (χ0n) is 14.0. The molecule has 0 aliphatic heterocycles. The van der Waals surface area contributed by atoms with Crippen LogP contribution in [0, 0.1) is 0 Å². The first-order valence-corrected chi connectivity index (χ1v) is 9.26. The fourth-order valence-corrected chi connectivity index (χ4v) is 3.54. The van der Waals surface area contributed by atoms with Crippen LogP contribution in [0.3, 0.4) is 0 Å². The number of hydrogen-bond donors (Lipinski definition) is 3. The van der Waals surface area contributed by atoms with E-state index in [1.165, 1.54) is 11.3 Å². The largest absolute Gasteiger partial charge is 1.00 e. The van der Waals surface area contributed by atoms with Crippen molar-refractivity contribution >= 4 is 44.3 Å². The molecule has 0 spiro atoms. The van der Waals surface area contributed by atoms with Crippen LogP contribution in [0.2, 0.25) is 5.02 Å². The van der Waals surface area contributed by atoms with Gasteiger partial charge in [0.15, 0.2) is 5.13 Å². The highest BCUT2D eigenvalue weighted by molar-refractivity contribution is 7.22. The molecule has 24 heavy (non-hydrogen) atoms. The number of halogens is 2. The van der Waals surface area contributed by atoms with Gasteiger partial charge in [0, 0.05) is 11.6 Å². The summed E-state index contributed by atoms with van der Waals surface area (Å²) in [7, 11) is 0. The van der Waals surface area contributed by atoms with Crippen LogP contribution >= 0.6 is 22.9 Å². The van der Waals surface area contributed by atoms with Gasteiger partial charge >= 0.3 is 6.03 Å². The number of fused-ring (bicyclic) bond motifs is 1. The lowest BCUT2D eigenvalue weighted by Crippen LogP contribution is -3.11. The van der Waals surface area contributed by atoms with E-state index in [1.54, 1.807) is 11.0 Å². The highest BCUT2D eigenvalue weighted by Gasteiger charge is 2.08. The second-order valence-corrected chi connectivity index (χ2v) is 6.89. The van der Waals surface area contributed by atoms with Gasteiger partial charge < -0.3 is 22.6 Å². The molecule has 3 N–H and O–H groups in total. The average molecular weight is 391 g/mol. The fraction of sp³-hybridized carbons (Fsp3) is 0.500. The molecule has 0 unspecified atom stereocenters. The van der Waals surface area contributed by atoms with Crippen molar-refractivity contribution in [3.05, 3.63) is 23.2 Å². The molecule has 2 amide bonds. The number of unbranched alkanes of at least 4 members (excludes halogenated alkanes) is 1. The topological polar surface area (TPSA) is 58.5 Å². The lowest BCUT2D eigenvalue weighted by molar-refractivity contribution is -0.896. The SMILES string of the molecule is CC[NH+](CC)CCCCNC(=O)Nc1nc2ccc(Cl)cc2s1.[Cl-]. The van der Waals surface area contributed by atoms with E-state index < -0.39 is 0 Å². The number of quaternary nitrogens is 1. The lowest BCUT2D eigenvalue weighted by atomic mass is 10.3. The van der Waals surface area contributed by atoms with Gasteiger partial charge in [0.2, 0.25) is 0 Å². The van der Waals surface area contributed by atoms with E-state index in [0.29, 0.717) is 16.7 Å². The summed E-state index contributed by atoms with van der Waals surface area (Å²) in [4.78, 5) is 17.8. The van der Waals surface area contributed by atoms with Crippen molar-refractivity contribution in [3.8, 4) is 0 Å². The normalized spacial score (nSPS) is 10.7. The smallest absolute Gasteiger partial charge is 0.321 e. The predicted octanol–water partition coefficient (Wildman–Crippen LogP) is -0.220. The van der Waals surface area contributed by atoms with E-state index in [4.69, 9.17) is 11.6 Å². The van der Waals surface area contributed by atoms with Crippen LogP contribution in [0.15, 0.2) is 18.2 Å². The number of thiazole rings is 1. The van der Waals surface area contributed by atoms with Crippen molar-refractivity contribution in [1.82, 2.24) is 10.3 Å². The van der Waals surface area contributed by atoms with Crippen LogP contribution in [-0.2, 0) is 0 Å². The molecule has 1 aromatic carbocycles. The number of carbonyl (C=O) groups is 1. The molecule has 2 rings (SSSR count). The van der Waals surface area contributed by atoms with Gasteiger partial charge in [-0.3, -0.25) is 5.32 Å². The molecule has 0 radical (unpaired) electrons. The van der Waals surface area contributed by atoms with E-state index in [0.717, 1.165) is 42.7 Å². The third-order valence-corrected chi connectivity index (χ3v) is 4.98. The summed E-state index contributed by atoms with van der Waals surface area (Å²) >= 11 is 7.37. The molecule has 8 heteroatoms. The summed E-state index contributed by atoms with van der Waals surface area (Å²) < 4.78 is 0.968. The summed E-state index contributed by atoms with van der Waals surface area (Å²) in [6.07, 6.45) is 2.11. The maximum Gasteiger partial charge on any atom is 0.321 e. The first kappa shape index (κ1) is 21.0. The van der Waals surface area contributed by atoms with Gasteiger partial charge in [0.1, 0.15) is 0 Å². The van der Waals surface area contributed by atoms with Gasteiger partial charge in [0.25, 0.3) is 0 Å².